The molecule has 5 aromatic rings. The molecule has 5 rings (SSSR count). The van der Waals surface area contributed by atoms with E-state index in [0.29, 0.717) is 45.6 Å². The van der Waals surface area contributed by atoms with E-state index in [-0.39, 0.29) is 17.5 Å². The van der Waals surface area contributed by atoms with Gasteiger partial charge in [-0.25, -0.2) is 9.97 Å². The molecule has 5 N–H and O–H groups in total. The van der Waals surface area contributed by atoms with E-state index < -0.39 is 17.6 Å². The summed E-state index contributed by atoms with van der Waals surface area (Å²) < 4.78 is 41.6. The number of aromatic nitrogens is 3. The minimum absolute atomic E-state index is 0.0461. The highest BCUT2D eigenvalue weighted by Gasteiger charge is 2.36. The van der Waals surface area contributed by atoms with Crippen LogP contribution in [0.15, 0.2) is 97.3 Å². The molecular weight excluding hydrogens is 559 g/mol. The van der Waals surface area contributed by atoms with Crippen LogP contribution in [0.1, 0.15) is 15.9 Å². The molecule has 2 heterocycles. The zero-order valence-corrected chi connectivity index (χ0v) is 22.8. The highest BCUT2D eigenvalue weighted by molar-refractivity contribution is 6.05. The molecule has 218 valence electrons. The molecule has 2 amide bonds. The van der Waals surface area contributed by atoms with Crippen molar-refractivity contribution in [3.05, 3.63) is 108 Å². The number of carbonyl (C=O) groups is 2. The number of hydrogen-bond donors (Lipinski definition) is 5. The number of hydrogen-bond acceptors (Lipinski definition) is 6. The summed E-state index contributed by atoms with van der Waals surface area (Å²) in [4.78, 5) is 35.9. The lowest BCUT2D eigenvalue weighted by Gasteiger charge is -2.14. The van der Waals surface area contributed by atoms with E-state index in [0.717, 1.165) is 6.20 Å². The molecule has 0 spiro atoms. The number of nitrogens with zero attached hydrogens (tertiary/aromatic N) is 2. The predicted molar refractivity (Wildman–Crippen MR) is 160 cm³/mol. The van der Waals surface area contributed by atoms with Crippen molar-refractivity contribution in [2.24, 2.45) is 0 Å². The molecule has 0 aliphatic carbocycles. The Balaban J connectivity index is 1.31. The van der Waals surface area contributed by atoms with Crippen molar-refractivity contribution in [3.8, 4) is 11.3 Å². The number of benzene rings is 3. The second-order valence-corrected chi connectivity index (χ2v) is 9.39. The SMILES string of the molecule is CNCC=CC(=O)Nc1ccc(C(=O)Nc2cccc(Nc3ncc(C(F)(F)F)c(-c4c[nH]c5ccccc45)n3)c2)cc1. The van der Waals surface area contributed by atoms with Gasteiger partial charge in [-0.1, -0.05) is 30.3 Å². The molecule has 0 radical (unpaired) electrons. The standard InChI is InChI=1S/C31H26F3N7O2/c1-35-15-5-10-27(42)38-20-13-11-19(12-14-20)29(43)39-21-6-4-7-22(16-21)40-30-37-18-25(31(32,33)34)28(41-30)24-17-36-26-9-3-2-8-23(24)26/h2-14,16-18,35-36H,15H2,1H3,(H,38,42)(H,39,43)(H,37,40,41). The molecule has 0 fully saturated rings. The van der Waals surface area contributed by atoms with Crippen LogP contribution in [0.5, 0.6) is 0 Å². The van der Waals surface area contributed by atoms with Crippen molar-refractivity contribution in [3.63, 3.8) is 0 Å². The first-order chi connectivity index (χ1) is 20.7. The molecule has 0 saturated carbocycles. The van der Waals surface area contributed by atoms with Crippen molar-refractivity contribution >= 4 is 45.7 Å². The molecule has 2 aromatic heterocycles. The van der Waals surface area contributed by atoms with Gasteiger partial charge in [-0.2, -0.15) is 13.2 Å². The molecule has 0 aliphatic heterocycles. The first-order valence-corrected chi connectivity index (χ1v) is 13.1. The number of anilines is 4. The highest BCUT2D eigenvalue weighted by Crippen LogP contribution is 2.38. The number of halogens is 3. The van der Waals surface area contributed by atoms with Gasteiger partial charge >= 0.3 is 6.18 Å². The van der Waals surface area contributed by atoms with E-state index in [1.54, 1.807) is 85.9 Å². The maximum absolute atomic E-state index is 13.9. The van der Waals surface area contributed by atoms with E-state index >= 15 is 0 Å². The summed E-state index contributed by atoms with van der Waals surface area (Å²) in [5, 5.41) is 11.9. The fourth-order valence-electron chi connectivity index (χ4n) is 4.30. The van der Waals surface area contributed by atoms with Gasteiger partial charge in [0.25, 0.3) is 5.91 Å². The van der Waals surface area contributed by atoms with Crippen molar-refractivity contribution < 1.29 is 22.8 Å². The van der Waals surface area contributed by atoms with Crippen LogP contribution in [0, 0.1) is 0 Å². The summed E-state index contributed by atoms with van der Waals surface area (Å²) in [6.07, 6.45) is 0.681. The number of carbonyl (C=O) groups excluding carboxylic acids is 2. The number of nitrogens with one attached hydrogen (secondary N) is 5. The number of para-hydroxylation sites is 1. The van der Waals surface area contributed by atoms with Gasteiger partial charge in [-0.3, -0.25) is 9.59 Å². The molecule has 0 saturated heterocycles. The average Bonchev–Trinajstić information content (AvgIpc) is 3.41. The molecule has 12 heteroatoms. The Morgan fingerprint density at radius 2 is 1.70 bits per heavy atom. The number of likely N-dealkylation sites (N-methyl/N-ethyl adjacent to an activating group) is 1. The van der Waals surface area contributed by atoms with E-state index in [4.69, 9.17) is 0 Å². The van der Waals surface area contributed by atoms with Crippen LogP contribution in [0.3, 0.4) is 0 Å². The lowest BCUT2D eigenvalue weighted by atomic mass is 10.1. The topological polar surface area (TPSA) is 124 Å². The summed E-state index contributed by atoms with van der Waals surface area (Å²) in [7, 11) is 1.77. The second kappa shape index (κ2) is 12.6. The van der Waals surface area contributed by atoms with Gasteiger partial charge in [-0.15, -0.1) is 0 Å². The van der Waals surface area contributed by atoms with E-state index in [1.807, 2.05) is 0 Å². The first-order valence-electron chi connectivity index (χ1n) is 13.1. The van der Waals surface area contributed by atoms with Crippen LogP contribution in [-0.4, -0.2) is 40.4 Å². The van der Waals surface area contributed by atoms with Crippen LogP contribution in [-0.2, 0) is 11.0 Å². The van der Waals surface area contributed by atoms with Gasteiger partial charge in [0.2, 0.25) is 11.9 Å². The van der Waals surface area contributed by atoms with Gasteiger partial charge in [-0.05, 0) is 55.6 Å². The number of H-pyrrole nitrogens is 1. The molecule has 3 aromatic carbocycles. The second-order valence-electron chi connectivity index (χ2n) is 9.39. The molecule has 0 unspecified atom stereocenters. The van der Waals surface area contributed by atoms with Gasteiger partial charge in [0, 0.05) is 64.1 Å². The Labute approximate surface area is 244 Å². The van der Waals surface area contributed by atoms with Gasteiger partial charge in [0.15, 0.2) is 0 Å². The third-order valence-corrected chi connectivity index (χ3v) is 6.32. The Kier molecular flexibility index (Phi) is 8.49. The largest absolute Gasteiger partial charge is 0.419 e. The van der Waals surface area contributed by atoms with Gasteiger partial charge < -0.3 is 26.3 Å². The third kappa shape index (κ3) is 7.05. The van der Waals surface area contributed by atoms with E-state index in [9.17, 15) is 22.8 Å². The lowest BCUT2D eigenvalue weighted by molar-refractivity contribution is -0.137. The zero-order valence-electron chi connectivity index (χ0n) is 22.8. The smallest absolute Gasteiger partial charge is 0.360 e. The minimum Gasteiger partial charge on any atom is -0.360 e. The number of fused-ring (bicyclic) bond motifs is 1. The molecule has 0 bridgehead atoms. The molecular formula is C31H26F3N7O2. The van der Waals surface area contributed by atoms with Crippen molar-refractivity contribution in [2.45, 2.75) is 6.18 Å². The first kappa shape index (κ1) is 29.0. The maximum atomic E-state index is 13.9. The Hall–Kier alpha value is -5.49. The summed E-state index contributed by atoms with van der Waals surface area (Å²) in [6, 6.07) is 20.0. The van der Waals surface area contributed by atoms with Crippen LogP contribution >= 0.6 is 0 Å². The van der Waals surface area contributed by atoms with E-state index in [1.165, 1.54) is 12.3 Å². The van der Waals surface area contributed by atoms with Crippen molar-refractivity contribution in [1.29, 1.82) is 0 Å². The summed E-state index contributed by atoms with van der Waals surface area (Å²) in [6.45, 7) is 0.562. The monoisotopic (exact) mass is 585 g/mol. The molecule has 0 atom stereocenters. The Morgan fingerprint density at radius 1 is 0.930 bits per heavy atom. The maximum Gasteiger partial charge on any atom is 0.419 e. The molecule has 0 aliphatic rings. The molecule has 9 nitrogen and oxygen atoms in total. The predicted octanol–water partition coefficient (Wildman–Crippen LogP) is 6.35. The van der Waals surface area contributed by atoms with Crippen molar-refractivity contribution in [1.82, 2.24) is 20.3 Å². The third-order valence-electron chi connectivity index (χ3n) is 6.32. The average molecular weight is 586 g/mol. The van der Waals surface area contributed by atoms with Gasteiger partial charge in [0.1, 0.15) is 5.56 Å². The lowest BCUT2D eigenvalue weighted by Crippen LogP contribution is -2.13. The van der Waals surface area contributed by atoms with Gasteiger partial charge in [0.05, 0.1) is 5.69 Å². The number of aromatic amines is 1. The Morgan fingerprint density at radius 3 is 2.47 bits per heavy atom. The van der Waals surface area contributed by atoms with Crippen LogP contribution in [0.25, 0.3) is 22.2 Å². The zero-order chi connectivity index (χ0) is 30.4. The number of rotatable bonds is 9. The summed E-state index contributed by atoms with van der Waals surface area (Å²) >= 11 is 0. The quantitative estimate of drug-likeness (QED) is 0.128. The fourth-order valence-corrected chi connectivity index (χ4v) is 4.30. The van der Waals surface area contributed by atoms with E-state index in [2.05, 4.69) is 36.2 Å². The molecule has 43 heavy (non-hydrogen) atoms. The van der Waals surface area contributed by atoms with Crippen LogP contribution in [0.2, 0.25) is 0 Å². The summed E-state index contributed by atoms with van der Waals surface area (Å²) in [5.74, 6) is -0.728. The number of amides is 2. The summed E-state index contributed by atoms with van der Waals surface area (Å²) in [5.41, 5.74) is 1.53. The normalized spacial score (nSPS) is 11.5. The highest BCUT2D eigenvalue weighted by atomic mass is 19.4. The fraction of sp³-hybridized carbons (Fsp3) is 0.0968. The Bertz CT molecular complexity index is 1800. The minimum atomic E-state index is -4.66. The van der Waals surface area contributed by atoms with Crippen molar-refractivity contribution in [2.75, 3.05) is 29.5 Å². The van der Waals surface area contributed by atoms with Crippen LogP contribution < -0.4 is 21.3 Å². The number of alkyl halides is 3. The van der Waals surface area contributed by atoms with Crippen LogP contribution in [0.4, 0.5) is 36.2 Å².